The van der Waals surface area contributed by atoms with Crippen LogP contribution in [0.4, 0.5) is 5.69 Å². The SMILES string of the molecule is CCN1CCN(S(=O)(=O)c2cccc(NC(=O)c3c(C)noc3C)c2)CC1. The zero-order valence-electron chi connectivity index (χ0n) is 15.7. The molecule has 9 heteroatoms. The molecule has 0 unspecified atom stereocenters. The van der Waals surface area contributed by atoms with Crippen LogP contribution < -0.4 is 5.32 Å². The molecule has 1 amide bonds. The van der Waals surface area contributed by atoms with Crippen molar-refractivity contribution in [2.75, 3.05) is 38.0 Å². The van der Waals surface area contributed by atoms with Crippen LogP contribution in [0, 0.1) is 13.8 Å². The van der Waals surface area contributed by atoms with Gasteiger partial charge in [-0.25, -0.2) is 8.42 Å². The number of aromatic nitrogens is 1. The zero-order chi connectivity index (χ0) is 19.6. The highest BCUT2D eigenvalue weighted by Crippen LogP contribution is 2.22. The summed E-state index contributed by atoms with van der Waals surface area (Å²) in [6.45, 7) is 8.69. The van der Waals surface area contributed by atoms with Gasteiger partial charge < -0.3 is 14.7 Å². The van der Waals surface area contributed by atoms with Gasteiger partial charge in [0.15, 0.2) is 0 Å². The highest BCUT2D eigenvalue weighted by atomic mass is 32.2. The molecule has 1 aromatic carbocycles. The van der Waals surface area contributed by atoms with Gasteiger partial charge in [0.05, 0.1) is 10.6 Å². The molecule has 1 aliphatic rings. The third-order valence-electron chi connectivity index (χ3n) is 4.77. The van der Waals surface area contributed by atoms with Crippen molar-refractivity contribution in [3.8, 4) is 0 Å². The quantitative estimate of drug-likeness (QED) is 0.835. The predicted octanol–water partition coefficient (Wildman–Crippen LogP) is 1.87. The van der Waals surface area contributed by atoms with Crippen molar-refractivity contribution in [2.45, 2.75) is 25.7 Å². The van der Waals surface area contributed by atoms with Crippen LogP contribution in [0.3, 0.4) is 0 Å². The van der Waals surface area contributed by atoms with E-state index in [2.05, 4.69) is 22.3 Å². The number of nitrogens with one attached hydrogen (secondary N) is 1. The van der Waals surface area contributed by atoms with Gasteiger partial charge in [-0.1, -0.05) is 18.1 Å². The van der Waals surface area contributed by atoms with Crippen LogP contribution in [0.2, 0.25) is 0 Å². The second-order valence-electron chi connectivity index (χ2n) is 6.52. The van der Waals surface area contributed by atoms with Crippen molar-refractivity contribution in [1.29, 1.82) is 0 Å². The maximum absolute atomic E-state index is 12.9. The Kier molecular flexibility index (Phi) is 5.64. The Hall–Kier alpha value is -2.23. The summed E-state index contributed by atoms with van der Waals surface area (Å²) < 4.78 is 32.4. The standard InChI is InChI=1S/C18H24N4O4S/c1-4-21-8-10-22(11-9-21)27(24,25)16-7-5-6-15(12-16)19-18(23)17-13(2)20-26-14(17)3/h5-7,12H,4,8-11H2,1-3H3,(H,19,23). The lowest BCUT2D eigenvalue weighted by Crippen LogP contribution is -2.48. The number of carbonyl (C=O) groups excluding carboxylic acids is 1. The Labute approximate surface area is 159 Å². The third kappa shape index (κ3) is 4.05. The summed E-state index contributed by atoms with van der Waals surface area (Å²) in [5, 5.41) is 6.50. The second-order valence-corrected chi connectivity index (χ2v) is 8.46. The Morgan fingerprint density at radius 2 is 1.93 bits per heavy atom. The van der Waals surface area contributed by atoms with Crippen LogP contribution in [0.15, 0.2) is 33.7 Å². The van der Waals surface area contributed by atoms with Gasteiger partial charge in [-0.2, -0.15) is 4.31 Å². The van der Waals surface area contributed by atoms with Crippen molar-refractivity contribution < 1.29 is 17.7 Å². The molecule has 27 heavy (non-hydrogen) atoms. The van der Waals surface area contributed by atoms with E-state index in [-0.39, 0.29) is 10.8 Å². The first-order valence-corrected chi connectivity index (χ1v) is 10.3. The monoisotopic (exact) mass is 392 g/mol. The van der Waals surface area contributed by atoms with Crippen molar-refractivity contribution in [1.82, 2.24) is 14.4 Å². The Bertz CT molecular complexity index is 911. The summed E-state index contributed by atoms with van der Waals surface area (Å²) in [5.41, 5.74) is 1.26. The molecular formula is C18H24N4O4S. The first-order chi connectivity index (χ1) is 12.8. The molecule has 1 aliphatic heterocycles. The van der Waals surface area contributed by atoms with Gasteiger partial charge in [-0.15, -0.1) is 0 Å². The number of anilines is 1. The van der Waals surface area contributed by atoms with Gasteiger partial charge in [-0.3, -0.25) is 4.79 Å². The minimum absolute atomic E-state index is 0.170. The van der Waals surface area contributed by atoms with Crippen LogP contribution in [0.1, 0.15) is 28.7 Å². The minimum atomic E-state index is -3.60. The number of amides is 1. The summed E-state index contributed by atoms with van der Waals surface area (Å²) in [6, 6.07) is 6.31. The van der Waals surface area contributed by atoms with Crippen LogP contribution >= 0.6 is 0 Å². The van der Waals surface area contributed by atoms with E-state index in [0.29, 0.717) is 35.8 Å². The smallest absolute Gasteiger partial charge is 0.261 e. The normalized spacial score (nSPS) is 16.4. The fraction of sp³-hybridized carbons (Fsp3) is 0.444. The number of aryl methyl sites for hydroxylation is 2. The van der Waals surface area contributed by atoms with E-state index < -0.39 is 10.0 Å². The maximum Gasteiger partial charge on any atom is 0.261 e. The average molecular weight is 392 g/mol. The van der Waals surface area contributed by atoms with Crippen LogP contribution in [-0.2, 0) is 10.0 Å². The molecule has 0 bridgehead atoms. The second kappa shape index (κ2) is 7.79. The molecule has 1 N–H and O–H groups in total. The Morgan fingerprint density at radius 1 is 1.22 bits per heavy atom. The highest BCUT2D eigenvalue weighted by Gasteiger charge is 2.28. The van der Waals surface area contributed by atoms with Gasteiger partial charge >= 0.3 is 0 Å². The summed E-state index contributed by atoms with van der Waals surface area (Å²) in [4.78, 5) is 14.9. The number of nitrogens with zero attached hydrogens (tertiary/aromatic N) is 3. The molecule has 0 spiro atoms. The van der Waals surface area contributed by atoms with E-state index in [1.165, 1.54) is 10.4 Å². The molecule has 0 atom stereocenters. The molecule has 146 valence electrons. The van der Waals surface area contributed by atoms with Crippen LogP contribution in [0.25, 0.3) is 0 Å². The van der Waals surface area contributed by atoms with Gasteiger partial charge in [0.1, 0.15) is 11.3 Å². The predicted molar refractivity (Wildman–Crippen MR) is 101 cm³/mol. The third-order valence-corrected chi connectivity index (χ3v) is 6.66. The van der Waals surface area contributed by atoms with E-state index in [1.54, 1.807) is 32.0 Å². The van der Waals surface area contributed by atoms with Crippen molar-refractivity contribution in [3.05, 3.63) is 41.3 Å². The lowest BCUT2D eigenvalue weighted by Gasteiger charge is -2.33. The lowest BCUT2D eigenvalue weighted by atomic mass is 10.2. The number of likely N-dealkylation sites (N-methyl/N-ethyl adjacent to an activating group) is 1. The number of rotatable bonds is 5. The lowest BCUT2D eigenvalue weighted by molar-refractivity contribution is 0.102. The van der Waals surface area contributed by atoms with Gasteiger partial charge in [0.2, 0.25) is 10.0 Å². The highest BCUT2D eigenvalue weighted by molar-refractivity contribution is 7.89. The number of piperazine rings is 1. The van der Waals surface area contributed by atoms with Crippen molar-refractivity contribution in [3.63, 3.8) is 0 Å². The fourth-order valence-electron chi connectivity index (χ4n) is 3.17. The molecule has 8 nitrogen and oxygen atoms in total. The van der Waals surface area contributed by atoms with E-state index in [1.807, 2.05) is 0 Å². The largest absolute Gasteiger partial charge is 0.361 e. The average Bonchev–Trinajstić information content (AvgIpc) is 3.00. The number of hydrogen-bond acceptors (Lipinski definition) is 6. The first-order valence-electron chi connectivity index (χ1n) is 8.89. The Balaban J connectivity index is 1.78. The van der Waals surface area contributed by atoms with Crippen molar-refractivity contribution >= 4 is 21.6 Å². The topological polar surface area (TPSA) is 95.8 Å². The van der Waals surface area contributed by atoms with Crippen LogP contribution in [-0.4, -0.2) is 61.4 Å². The van der Waals surface area contributed by atoms with Gasteiger partial charge in [0.25, 0.3) is 5.91 Å². The molecule has 2 heterocycles. The first kappa shape index (κ1) is 19.5. The maximum atomic E-state index is 12.9. The summed E-state index contributed by atoms with van der Waals surface area (Å²) in [6.07, 6.45) is 0. The summed E-state index contributed by atoms with van der Waals surface area (Å²) in [5.74, 6) is 0.0416. The summed E-state index contributed by atoms with van der Waals surface area (Å²) >= 11 is 0. The van der Waals surface area contributed by atoms with E-state index in [0.717, 1.165) is 19.6 Å². The zero-order valence-corrected chi connectivity index (χ0v) is 16.5. The molecule has 0 aliphatic carbocycles. The molecule has 1 aromatic heterocycles. The molecule has 1 fully saturated rings. The van der Waals surface area contributed by atoms with Crippen LogP contribution in [0.5, 0.6) is 0 Å². The molecule has 0 saturated carbocycles. The molecule has 1 saturated heterocycles. The van der Waals surface area contributed by atoms with E-state index in [4.69, 9.17) is 4.52 Å². The number of hydrogen-bond donors (Lipinski definition) is 1. The minimum Gasteiger partial charge on any atom is -0.361 e. The van der Waals surface area contributed by atoms with Gasteiger partial charge in [-0.05, 0) is 38.6 Å². The van der Waals surface area contributed by atoms with E-state index >= 15 is 0 Å². The van der Waals surface area contributed by atoms with Crippen molar-refractivity contribution in [2.24, 2.45) is 0 Å². The molecule has 3 rings (SSSR count). The number of carbonyl (C=O) groups is 1. The Morgan fingerprint density at radius 3 is 2.52 bits per heavy atom. The van der Waals surface area contributed by atoms with E-state index in [9.17, 15) is 13.2 Å². The summed E-state index contributed by atoms with van der Waals surface area (Å²) in [7, 11) is -3.60. The number of sulfonamides is 1. The fourth-order valence-corrected chi connectivity index (χ4v) is 4.64. The number of benzene rings is 1. The van der Waals surface area contributed by atoms with Gasteiger partial charge in [0, 0.05) is 31.9 Å². The molecular weight excluding hydrogens is 368 g/mol. The molecule has 0 radical (unpaired) electrons. The molecule has 2 aromatic rings.